The summed E-state index contributed by atoms with van der Waals surface area (Å²) in [6, 6.07) is 18.2. The van der Waals surface area contributed by atoms with Gasteiger partial charge in [0.05, 0.1) is 6.61 Å². The number of hydrogen-bond donors (Lipinski definition) is 1. The van der Waals surface area contributed by atoms with Gasteiger partial charge in [-0.25, -0.2) is 4.79 Å². The van der Waals surface area contributed by atoms with Gasteiger partial charge in [0.25, 0.3) is 0 Å². The highest BCUT2D eigenvalue weighted by Gasteiger charge is 2.24. The predicted molar refractivity (Wildman–Crippen MR) is 105 cm³/mol. The van der Waals surface area contributed by atoms with Crippen LogP contribution in [-0.2, 0) is 11.3 Å². The molecule has 1 fully saturated rings. The van der Waals surface area contributed by atoms with Crippen LogP contribution in [0.3, 0.4) is 0 Å². The van der Waals surface area contributed by atoms with E-state index in [0.717, 1.165) is 42.7 Å². The van der Waals surface area contributed by atoms with Gasteiger partial charge >= 0.3 is 5.97 Å². The van der Waals surface area contributed by atoms with Crippen molar-refractivity contribution in [3.63, 3.8) is 0 Å². The van der Waals surface area contributed by atoms with Gasteiger partial charge in [-0.2, -0.15) is 0 Å². The van der Waals surface area contributed by atoms with E-state index in [2.05, 4.69) is 34.1 Å². The number of carbonyl (C=O) groups is 1. The maximum absolute atomic E-state index is 11.9. The maximum Gasteiger partial charge on any atom is 0.354 e. The first kappa shape index (κ1) is 17.6. The summed E-state index contributed by atoms with van der Waals surface area (Å²) in [6.45, 7) is 5.09. The summed E-state index contributed by atoms with van der Waals surface area (Å²) in [7, 11) is 0. The number of aromatic nitrogens is 1. The van der Waals surface area contributed by atoms with Crippen molar-refractivity contribution in [2.45, 2.75) is 26.0 Å². The monoisotopic (exact) mass is 364 g/mol. The van der Waals surface area contributed by atoms with Crippen molar-refractivity contribution < 1.29 is 14.3 Å². The van der Waals surface area contributed by atoms with Gasteiger partial charge in [0, 0.05) is 30.5 Å². The Bertz CT molecular complexity index is 920. The minimum Gasteiger partial charge on any atom is -0.489 e. The molecule has 5 nitrogen and oxygen atoms in total. The topological polar surface area (TPSA) is 54.6 Å². The molecule has 3 aromatic rings. The van der Waals surface area contributed by atoms with Crippen molar-refractivity contribution in [1.29, 1.82) is 0 Å². The molecule has 1 aliphatic rings. The second-order valence-corrected chi connectivity index (χ2v) is 6.90. The van der Waals surface area contributed by atoms with Gasteiger partial charge in [-0.3, -0.25) is 4.90 Å². The normalized spacial score (nSPS) is 17.3. The highest BCUT2D eigenvalue weighted by atomic mass is 16.5. The maximum atomic E-state index is 11.9. The Morgan fingerprint density at radius 2 is 2.04 bits per heavy atom. The van der Waals surface area contributed by atoms with E-state index in [1.54, 1.807) is 6.92 Å². The SMILES string of the molecule is CCOC(=O)c1cc2cc(O[C@H]3CCN(Cc4ccccc4)C3)ccc2[nH]1. The van der Waals surface area contributed by atoms with Crippen molar-refractivity contribution in [2.24, 2.45) is 0 Å². The van der Waals surface area contributed by atoms with E-state index in [4.69, 9.17) is 9.47 Å². The third-order valence-electron chi connectivity index (χ3n) is 4.87. The molecule has 140 valence electrons. The molecule has 1 aliphatic heterocycles. The molecule has 1 atom stereocenters. The Morgan fingerprint density at radius 1 is 1.19 bits per heavy atom. The summed E-state index contributed by atoms with van der Waals surface area (Å²) >= 11 is 0. The van der Waals surface area contributed by atoms with Gasteiger partial charge in [0.15, 0.2) is 0 Å². The molecule has 5 heteroatoms. The number of nitrogens with one attached hydrogen (secondary N) is 1. The average Bonchev–Trinajstić information content (AvgIpc) is 3.29. The van der Waals surface area contributed by atoms with Crippen molar-refractivity contribution in [3.05, 3.63) is 65.9 Å². The fourth-order valence-corrected chi connectivity index (χ4v) is 3.57. The Balaban J connectivity index is 1.39. The third kappa shape index (κ3) is 4.14. The lowest BCUT2D eigenvalue weighted by molar-refractivity contribution is 0.0520. The number of ether oxygens (including phenoxy) is 2. The molecule has 1 aromatic heterocycles. The van der Waals surface area contributed by atoms with Crippen LogP contribution in [0.25, 0.3) is 10.9 Å². The van der Waals surface area contributed by atoms with Crippen LogP contribution < -0.4 is 4.74 Å². The van der Waals surface area contributed by atoms with E-state index in [1.165, 1.54) is 5.56 Å². The van der Waals surface area contributed by atoms with Crippen LogP contribution in [0.1, 0.15) is 29.4 Å². The minimum atomic E-state index is -0.330. The zero-order valence-electron chi connectivity index (χ0n) is 15.5. The summed E-state index contributed by atoms with van der Waals surface area (Å²) in [5.41, 5.74) is 2.71. The predicted octanol–water partition coefficient (Wildman–Crippen LogP) is 4.00. The minimum absolute atomic E-state index is 0.189. The summed E-state index contributed by atoms with van der Waals surface area (Å²) in [5, 5.41) is 0.953. The third-order valence-corrected chi connectivity index (χ3v) is 4.87. The number of fused-ring (bicyclic) bond motifs is 1. The zero-order valence-corrected chi connectivity index (χ0v) is 15.5. The molecular weight excluding hydrogens is 340 g/mol. The van der Waals surface area contributed by atoms with Crippen LogP contribution in [0, 0.1) is 0 Å². The summed E-state index contributed by atoms with van der Waals surface area (Å²) in [6.07, 6.45) is 1.21. The quantitative estimate of drug-likeness (QED) is 0.672. The highest BCUT2D eigenvalue weighted by molar-refractivity contribution is 5.95. The number of nitrogens with zero attached hydrogens (tertiary/aromatic N) is 1. The highest BCUT2D eigenvalue weighted by Crippen LogP contribution is 2.25. The number of carbonyl (C=O) groups excluding carboxylic acids is 1. The number of benzene rings is 2. The number of rotatable bonds is 6. The number of H-pyrrole nitrogens is 1. The summed E-state index contributed by atoms with van der Waals surface area (Å²) < 4.78 is 11.2. The first-order valence-electron chi connectivity index (χ1n) is 9.44. The van der Waals surface area contributed by atoms with Crippen molar-refractivity contribution >= 4 is 16.9 Å². The Kier molecular flexibility index (Phi) is 5.12. The first-order chi connectivity index (χ1) is 13.2. The van der Waals surface area contributed by atoms with Crippen LogP contribution in [0.5, 0.6) is 5.75 Å². The molecule has 1 N–H and O–H groups in total. The molecule has 27 heavy (non-hydrogen) atoms. The number of aromatic amines is 1. The van der Waals surface area contributed by atoms with E-state index in [1.807, 2.05) is 30.3 Å². The molecule has 2 heterocycles. The zero-order chi connectivity index (χ0) is 18.6. The molecule has 0 bridgehead atoms. The lowest BCUT2D eigenvalue weighted by atomic mass is 10.2. The summed E-state index contributed by atoms with van der Waals surface area (Å²) in [5.74, 6) is 0.506. The lowest BCUT2D eigenvalue weighted by Crippen LogP contribution is -2.24. The first-order valence-corrected chi connectivity index (χ1v) is 9.44. The van der Waals surface area contributed by atoms with E-state index in [9.17, 15) is 4.79 Å². The molecular formula is C22H24N2O3. The van der Waals surface area contributed by atoms with Crippen LogP contribution >= 0.6 is 0 Å². The molecule has 1 saturated heterocycles. The van der Waals surface area contributed by atoms with Gasteiger partial charge in [0.1, 0.15) is 17.5 Å². The Labute approximate surface area is 158 Å². The van der Waals surface area contributed by atoms with E-state index in [-0.39, 0.29) is 12.1 Å². The molecule has 2 aromatic carbocycles. The van der Waals surface area contributed by atoms with Gasteiger partial charge in [-0.1, -0.05) is 30.3 Å². The van der Waals surface area contributed by atoms with Crippen LogP contribution in [-0.4, -0.2) is 41.7 Å². The average molecular weight is 364 g/mol. The van der Waals surface area contributed by atoms with Crippen LogP contribution in [0.15, 0.2) is 54.6 Å². The summed E-state index contributed by atoms with van der Waals surface area (Å²) in [4.78, 5) is 17.4. The van der Waals surface area contributed by atoms with Crippen molar-refractivity contribution in [1.82, 2.24) is 9.88 Å². The number of hydrogen-bond acceptors (Lipinski definition) is 4. The fourth-order valence-electron chi connectivity index (χ4n) is 3.57. The fraction of sp³-hybridized carbons (Fsp3) is 0.318. The molecule has 0 unspecified atom stereocenters. The lowest BCUT2D eigenvalue weighted by Gasteiger charge is -2.17. The van der Waals surface area contributed by atoms with Gasteiger partial charge in [-0.15, -0.1) is 0 Å². The van der Waals surface area contributed by atoms with Crippen molar-refractivity contribution in [3.8, 4) is 5.75 Å². The van der Waals surface area contributed by atoms with E-state index in [0.29, 0.717) is 12.3 Å². The van der Waals surface area contributed by atoms with Gasteiger partial charge < -0.3 is 14.5 Å². The largest absolute Gasteiger partial charge is 0.489 e. The smallest absolute Gasteiger partial charge is 0.354 e. The molecule has 0 radical (unpaired) electrons. The van der Waals surface area contributed by atoms with Gasteiger partial charge in [0.2, 0.25) is 0 Å². The standard InChI is InChI=1S/C22H24N2O3/c1-2-26-22(25)21-13-17-12-18(8-9-20(17)23-21)27-19-10-11-24(15-19)14-16-6-4-3-5-7-16/h3-9,12-13,19,23H,2,10-11,14-15H2,1H3/t19-/m0/s1. The molecule has 0 amide bonds. The van der Waals surface area contributed by atoms with Crippen molar-refractivity contribution in [2.75, 3.05) is 19.7 Å². The number of likely N-dealkylation sites (tertiary alicyclic amines) is 1. The second kappa shape index (κ2) is 7.84. The van der Waals surface area contributed by atoms with E-state index >= 15 is 0 Å². The van der Waals surface area contributed by atoms with Gasteiger partial charge in [-0.05, 0) is 43.2 Å². The van der Waals surface area contributed by atoms with Crippen LogP contribution in [0.4, 0.5) is 0 Å². The molecule has 4 rings (SSSR count). The molecule has 0 aliphatic carbocycles. The second-order valence-electron chi connectivity index (χ2n) is 6.90. The van der Waals surface area contributed by atoms with Crippen LogP contribution in [0.2, 0.25) is 0 Å². The van der Waals surface area contributed by atoms with E-state index < -0.39 is 0 Å². The molecule has 0 saturated carbocycles. The Morgan fingerprint density at radius 3 is 2.85 bits per heavy atom. The number of esters is 1. The molecule has 0 spiro atoms. The Hall–Kier alpha value is -2.79.